The van der Waals surface area contributed by atoms with Crippen molar-refractivity contribution in [2.45, 2.75) is 27.1 Å². The summed E-state index contributed by atoms with van der Waals surface area (Å²) in [6.07, 6.45) is 3.12. The summed E-state index contributed by atoms with van der Waals surface area (Å²) in [4.78, 5) is 13.5. The van der Waals surface area contributed by atoms with E-state index in [0.717, 1.165) is 23.0 Å². The summed E-state index contributed by atoms with van der Waals surface area (Å²) in [5, 5.41) is 0. The van der Waals surface area contributed by atoms with E-state index in [9.17, 15) is 0 Å². The molecular formula is C21H22N4O. The third-order valence-corrected chi connectivity index (χ3v) is 4.39. The summed E-state index contributed by atoms with van der Waals surface area (Å²) in [5.74, 6) is 1.61. The topological polar surface area (TPSA) is 41.5 Å². The molecular weight excluding hydrogens is 324 g/mol. The number of anilines is 4. The van der Waals surface area contributed by atoms with Crippen LogP contribution in [0.15, 0.2) is 60.9 Å². The zero-order valence-corrected chi connectivity index (χ0v) is 15.3. The highest BCUT2D eigenvalue weighted by molar-refractivity contribution is 5.82. The Kier molecular flexibility index (Phi) is 4.31. The van der Waals surface area contributed by atoms with Gasteiger partial charge in [0.05, 0.1) is 0 Å². The van der Waals surface area contributed by atoms with E-state index in [1.165, 1.54) is 11.1 Å². The van der Waals surface area contributed by atoms with Crippen LogP contribution in [-0.4, -0.2) is 22.9 Å². The molecule has 1 atom stereocenters. The Labute approximate surface area is 153 Å². The van der Waals surface area contributed by atoms with Crippen molar-refractivity contribution in [2.24, 2.45) is 0 Å². The van der Waals surface area contributed by atoms with Crippen molar-refractivity contribution < 1.29 is 4.74 Å². The highest BCUT2D eigenvalue weighted by Crippen LogP contribution is 2.45. The third-order valence-electron chi connectivity index (χ3n) is 4.39. The molecule has 1 unspecified atom stereocenters. The van der Waals surface area contributed by atoms with Gasteiger partial charge in [0.15, 0.2) is 11.6 Å². The molecule has 132 valence electrons. The van der Waals surface area contributed by atoms with Crippen molar-refractivity contribution in [3.63, 3.8) is 0 Å². The number of nitrogens with zero attached hydrogens (tertiary/aromatic N) is 4. The Bertz CT molecular complexity index is 893. The summed E-state index contributed by atoms with van der Waals surface area (Å²) in [5.41, 5.74) is 4.50. The van der Waals surface area contributed by atoms with Gasteiger partial charge in [-0.2, -0.15) is 0 Å². The quantitative estimate of drug-likeness (QED) is 0.685. The fourth-order valence-electron chi connectivity index (χ4n) is 3.46. The standard InChI is InChI=1S/C21H22N4O/c1-4-26-21-24(17-8-6-5-7-9-17)19-20(23-11-10-22-19)25(21)18-13-15(2)12-16(3)14-18/h5-14,21H,4H2,1-3H3. The normalized spacial score (nSPS) is 16.0. The van der Waals surface area contributed by atoms with E-state index in [4.69, 9.17) is 4.74 Å². The number of rotatable bonds is 4. The second kappa shape index (κ2) is 6.77. The van der Waals surface area contributed by atoms with Gasteiger partial charge in [-0.05, 0) is 56.2 Å². The molecule has 2 aromatic carbocycles. The van der Waals surface area contributed by atoms with Crippen molar-refractivity contribution in [2.75, 3.05) is 16.4 Å². The molecule has 0 N–H and O–H groups in total. The lowest BCUT2D eigenvalue weighted by Gasteiger charge is -2.31. The smallest absolute Gasteiger partial charge is 0.221 e. The van der Waals surface area contributed by atoms with E-state index >= 15 is 0 Å². The fraction of sp³-hybridized carbons (Fsp3) is 0.238. The number of benzene rings is 2. The maximum absolute atomic E-state index is 6.17. The van der Waals surface area contributed by atoms with E-state index in [-0.39, 0.29) is 6.35 Å². The molecule has 0 bridgehead atoms. The lowest BCUT2D eigenvalue weighted by Crippen LogP contribution is -2.41. The Balaban J connectivity index is 1.90. The van der Waals surface area contributed by atoms with Crippen LogP contribution in [0.3, 0.4) is 0 Å². The first-order valence-electron chi connectivity index (χ1n) is 8.83. The maximum atomic E-state index is 6.17. The largest absolute Gasteiger partial charge is 0.340 e. The Morgan fingerprint density at radius 1 is 0.846 bits per heavy atom. The number of hydrogen-bond acceptors (Lipinski definition) is 5. The minimum Gasteiger partial charge on any atom is -0.340 e. The molecule has 0 fully saturated rings. The summed E-state index contributed by atoms with van der Waals surface area (Å²) >= 11 is 0. The van der Waals surface area contributed by atoms with E-state index in [2.05, 4.69) is 63.9 Å². The van der Waals surface area contributed by atoms with Crippen molar-refractivity contribution in [3.8, 4) is 0 Å². The molecule has 1 aliphatic rings. The number of hydrogen-bond donors (Lipinski definition) is 0. The third kappa shape index (κ3) is 2.80. The molecule has 5 nitrogen and oxygen atoms in total. The molecule has 0 spiro atoms. The van der Waals surface area contributed by atoms with Crippen LogP contribution in [0.2, 0.25) is 0 Å². The number of aromatic nitrogens is 2. The van der Waals surface area contributed by atoms with E-state index in [0.29, 0.717) is 6.61 Å². The lowest BCUT2D eigenvalue weighted by atomic mass is 10.1. The van der Waals surface area contributed by atoms with E-state index in [1.807, 2.05) is 25.1 Å². The summed E-state index contributed by atoms with van der Waals surface area (Å²) in [6, 6.07) is 16.7. The average Bonchev–Trinajstić information content (AvgIpc) is 2.96. The van der Waals surface area contributed by atoms with Crippen molar-refractivity contribution in [3.05, 3.63) is 72.1 Å². The molecule has 4 rings (SSSR count). The molecule has 0 radical (unpaired) electrons. The Morgan fingerprint density at radius 3 is 2.00 bits per heavy atom. The first-order chi connectivity index (χ1) is 12.7. The number of ether oxygens (including phenoxy) is 1. The molecule has 5 heteroatoms. The SMILES string of the molecule is CCOC1N(c2ccccc2)c2nccnc2N1c1cc(C)cc(C)c1. The van der Waals surface area contributed by atoms with Crippen LogP contribution >= 0.6 is 0 Å². The van der Waals surface area contributed by atoms with Gasteiger partial charge in [-0.1, -0.05) is 24.3 Å². The zero-order valence-electron chi connectivity index (χ0n) is 15.3. The summed E-state index contributed by atoms with van der Waals surface area (Å²) in [7, 11) is 0. The fourth-order valence-corrected chi connectivity index (χ4v) is 3.46. The van der Waals surface area contributed by atoms with Gasteiger partial charge >= 0.3 is 0 Å². The van der Waals surface area contributed by atoms with Gasteiger partial charge in [-0.3, -0.25) is 9.80 Å². The minimum atomic E-state index is -0.332. The average molecular weight is 346 g/mol. The van der Waals surface area contributed by atoms with E-state index < -0.39 is 0 Å². The van der Waals surface area contributed by atoms with Gasteiger partial charge in [0.25, 0.3) is 0 Å². The van der Waals surface area contributed by atoms with Crippen molar-refractivity contribution in [1.29, 1.82) is 0 Å². The predicted octanol–water partition coefficient (Wildman–Crippen LogP) is 4.70. The highest BCUT2D eigenvalue weighted by Gasteiger charge is 2.40. The number of para-hydroxylation sites is 1. The van der Waals surface area contributed by atoms with Gasteiger partial charge in [0, 0.05) is 30.4 Å². The molecule has 0 amide bonds. The molecule has 1 aromatic heterocycles. The van der Waals surface area contributed by atoms with Crippen molar-refractivity contribution in [1.82, 2.24) is 9.97 Å². The lowest BCUT2D eigenvalue weighted by molar-refractivity contribution is 0.0767. The molecule has 3 aromatic rings. The van der Waals surface area contributed by atoms with Crippen LogP contribution in [0.4, 0.5) is 23.0 Å². The van der Waals surface area contributed by atoms with Gasteiger partial charge in [-0.15, -0.1) is 0 Å². The van der Waals surface area contributed by atoms with Gasteiger partial charge in [0.2, 0.25) is 6.35 Å². The summed E-state index contributed by atoms with van der Waals surface area (Å²) < 4.78 is 6.17. The molecule has 0 saturated carbocycles. The minimum absolute atomic E-state index is 0.332. The van der Waals surface area contributed by atoms with Crippen molar-refractivity contribution >= 4 is 23.0 Å². The van der Waals surface area contributed by atoms with Crippen LogP contribution in [-0.2, 0) is 4.74 Å². The Hall–Kier alpha value is -2.92. The van der Waals surface area contributed by atoms with Crippen LogP contribution < -0.4 is 9.80 Å². The highest BCUT2D eigenvalue weighted by atomic mass is 16.5. The predicted molar refractivity (Wildman–Crippen MR) is 104 cm³/mol. The van der Waals surface area contributed by atoms with Crippen LogP contribution in [0, 0.1) is 13.8 Å². The molecule has 2 heterocycles. The van der Waals surface area contributed by atoms with Crippen LogP contribution in [0.5, 0.6) is 0 Å². The Morgan fingerprint density at radius 2 is 1.42 bits per heavy atom. The number of aryl methyl sites for hydroxylation is 2. The van der Waals surface area contributed by atoms with Crippen LogP contribution in [0.1, 0.15) is 18.1 Å². The van der Waals surface area contributed by atoms with Crippen LogP contribution in [0.25, 0.3) is 0 Å². The second-order valence-corrected chi connectivity index (χ2v) is 6.41. The maximum Gasteiger partial charge on any atom is 0.221 e. The monoisotopic (exact) mass is 346 g/mol. The molecule has 0 saturated heterocycles. The molecule has 1 aliphatic heterocycles. The van der Waals surface area contributed by atoms with Gasteiger partial charge in [0.1, 0.15) is 0 Å². The summed E-state index contributed by atoms with van der Waals surface area (Å²) in [6.45, 7) is 6.81. The molecule has 0 aliphatic carbocycles. The first-order valence-corrected chi connectivity index (χ1v) is 8.83. The van der Waals surface area contributed by atoms with Gasteiger partial charge < -0.3 is 4.74 Å². The zero-order chi connectivity index (χ0) is 18.1. The second-order valence-electron chi connectivity index (χ2n) is 6.41. The first kappa shape index (κ1) is 16.5. The van der Waals surface area contributed by atoms with Gasteiger partial charge in [-0.25, -0.2) is 9.97 Å². The number of fused-ring (bicyclic) bond motifs is 1. The van der Waals surface area contributed by atoms with E-state index in [1.54, 1.807) is 12.4 Å². The molecule has 26 heavy (non-hydrogen) atoms.